The molecule has 1 heterocycles. The molecule has 0 radical (unpaired) electrons. The van der Waals surface area contributed by atoms with Gasteiger partial charge < -0.3 is 11.1 Å². The van der Waals surface area contributed by atoms with E-state index in [1.165, 1.54) is 6.20 Å². The van der Waals surface area contributed by atoms with Gasteiger partial charge in [-0.2, -0.15) is 5.26 Å². The van der Waals surface area contributed by atoms with Crippen molar-refractivity contribution in [3.63, 3.8) is 0 Å². The van der Waals surface area contributed by atoms with Crippen LogP contribution in [0, 0.1) is 11.3 Å². The van der Waals surface area contributed by atoms with Gasteiger partial charge in [0.1, 0.15) is 6.07 Å². The highest BCUT2D eigenvalue weighted by atomic mass is 79.9. The highest BCUT2D eigenvalue weighted by molar-refractivity contribution is 9.10. The van der Waals surface area contributed by atoms with Crippen molar-refractivity contribution in [1.29, 1.82) is 5.26 Å². The number of rotatable bonds is 2. The van der Waals surface area contributed by atoms with E-state index in [2.05, 4.69) is 26.2 Å². The smallest absolute Gasteiger partial charge is 0.264 e. The second-order valence-corrected chi connectivity index (χ2v) is 5.45. The average molecular weight is 331 g/mol. The molecule has 0 unspecified atom stereocenters. The number of pyridine rings is 1. The number of anilines is 1. The highest BCUT2D eigenvalue weighted by Crippen LogP contribution is 2.34. The predicted octanol–water partition coefficient (Wildman–Crippen LogP) is 2.64. The zero-order chi connectivity index (χ0) is 14.0. The Morgan fingerprint density at radius 1 is 1.58 bits per heavy atom. The van der Waals surface area contributed by atoms with Gasteiger partial charge >= 0.3 is 0 Å². The molecule has 1 saturated carbocycles. The summed E-state index contributed by atoms with van der Waals surface area (Å²) < 4.78 is 27.6. The minimum atomic E-state index is -2.84. The lowest BCUT2D eigenvalue weighted by molar-refractivity contribution is -0.0554. The molecule has 1 aliphatic rings. The van der Waals surface area contributed by atoms with Crippen LogP contribution in [0.15, 0.2) is 16.7 Å². The quantitative estimate of drug-likeness (QED) is 0.874. The van der Waals surface area contributed by atoms with E-state index < -0.39 is 18.0 Å². The molecule has 3 N–H and O–H groups in total. The van der Waals surface area contributed by atoms with Crippen molar-refractivity contribution in [2.24, 2.45) is 5.73 Å². The topological polar surface area (TPSA) is 74.7 Å². The van der Waals surface area contributed by atoms with E-state index in [4.69, 9.17) is 11.0 Å². The van der Waals surface area contributed by atoms with Crippen LogP contribution in [0.4, 0.5) is 14.5 Å². The lowest BCUT2D eigenvalue weighted by atomic mass is 9.87. The first kappa shape index (κ1) is 14.2. The lowest BCUT2D eigenvalue weighted by Gasteiger charge is -2.36. The van der Waals surface area contributed by atoms with E-state index in [-0.39, 0.29) is 12.1 Å². The number of nitrogens with two attached hydrogens (primary N) is 1. The molecule has 0 bridgehead atoms. The summed E-state index contributed by atoms with van der Waals surface area (Å²) in [5.74, 6) is -2.84. The zero-order valence-corrected chi connectivity index (χ0v) is 11.6. The molecule has 4 nitrogen and oxygen atoms in total. The first-order valence-electron chi connectivity index (χ1n) is 5.89. The van der Waals surface area contributed by atoms with Crippen LogP contribution in [0.1, 0.15) is 25.0 Å². The van der Waals surface area contributed by atoms with Crippen LogP contribution in [-0.2, 0) is 0 Å². The molecular formula is C12H13BrF2N4. The van der Waals surface area contributed by atoms with E-state index in [0.29, 0.717) is 23.0 Å². The summed E-state index contributed by atoms with van der Waals surface area (Å²) >= 11 is 3.21. The first-order chi connectivity index (χ1) is 8.94. The van der Waals surface area contributed by atoms with E-state index in [9.17, 15) is 8.78 Å². The molecule has 0 saturated heterocycles. The maximum atomic E-state index is 13.5. The van der Waals surface area contributed by atoms with Crippen LogP contribution in [0.5, 0.6) is 0 Å². The van der Waals surface area contributed by atoms with Gasteiger partial charge in [0.2, 0.25) is 0 Å². The maximum Gasteiger partial charge on any atom is 0.264 e. The van der Waals surface area contributed by atoms with E-state index >= 15 is 0 Å². The number of alkyl halides is 2. The lowest BCUT2D eigenvalue weighted by Crippen LogP contribution is -2.55. The second kappa shape index (κ2) is 5.39. The van der Waals surface area contributed by atoms with Crippen LogP contribution in [0.2, 0.25) is 0 Å². The van der Waals surface area contributed by atoms with Gasteiger partial charge in [0.25, 0.3) is 5.92 Å². The van der Waals surface area contributed by atoms with Gasteiger partial charge in [-0.05, 0) is 34.8 Å². The molecule has 0 aromatic carbocycles. The highest BCUT2D eigenvalue weighted by Gasteiger charge is 2.44. The van der Waals surface area contributed by atoms with Crippen molar-refractivity contribution < 1.29 is 8.78 Å². The van der Waals surface area contributed by atoms with Crippen molar-refractivity contribution in [2.75, 3.05) is 5.32 Å². The second-order valence-electron chi connectivity index (χ2n) is 4.60. The standard InChI is InChI=1S/C12H13BrF2N4/c13-8-4-7(6-18-10(8)5-16)19-9-2-1-3-12(14,15)11(9)17/h4,6,9,11,19H,1-3,17H2/t9-,11-/m1/s1. The summed E-state index contributed by atoms with van der Waals surface area (Å²) in [6, 6.07) is 1.85. The van der Waals surface area contributed by atoms with Crippen LogP contribution in [0.25, 0.3) is 0 Å². The number of nitriles is 1. The summed E-state index contributed by atoms with van der Waals surface area (Å²) in [6.07, 6.45) is 2.31. The summed E-state index contributed by atoms with van der Waals surface area (Å²) in [4.78, 5) is 3.92. The van der Waals surface area contributed by atoms with Gasteiger partial charge in [-0.25, -0.2) is 13.8 Å². The fraction of sp³-hybridized carbons (Fsp3) is 0.500. The fourth-order valence-corrected chi connectivity index (χ4v) is 2.61. The SMILES string of the molecule is N#Cc1ncc(N[C@@H]2CCCC(F)(F)[C@@H]2N)cc1Br. The Morgan fingerprint density at radius 3 is 2.95 bits per heavy atom. The molecule has 7 heteroatoms. The molecular weight excluding hydrogens is 318 g/mol. The van der Waals surface area contributed by atoms with Crippen molar-refractivity contribution in [2.45, 2.75) is 37.3 Å². The number of aromatic nitrogens is 1. The van der Waals surface area contributed by atoms with E-state index in [0.717, 1.165) is 0 Å². The Hall–Kier alpha value is -1.26. The monoisotopic (exact) mass is 330 g/mol. The van der Waals surface area contributed by atoms with Crippen LogP contribution >= 0.6 is 15.9 Å². The third kappa shape index (κ3) is 3.01. The van der Waals surface area contributed by atoms with Crippen molar-refractivity contribution in [1.82, 2.24) is 4.98 Å². The molecule has 102 valence electrons. The van der Waals surface area contributed by atoms with Crippen LogP contribution in [-0.4, -0.2) is 23.0 Å². The average Bonchev–Trinajstić information content (AvgIpc) is 2.35. The summed E-state index contributed by atoms with van der Waals surface area (Å²) in [5.41, 5.74) is 6.43. The third-order valence-electron chi connectivity index (χ3n) is 3.25. The molecule has 0 aliphatic heterocycles. The van der Waals surface area contributed by atoms with Gasteiger partial charge in [-0.1, -0.05) is 0 Å². The fourth-order valence-electron chi connectivity index (χ4n) is 2.17. The Labute approximate surface area is 118 Å². The molecule has 19 heavy (non-hydrogen) atoms. The number of nitrogens with one attached hydrogen (secondary N) is 1. The van der Waals surface area contributed by atoms with Gasteiger partial charge in [0.15, 0.2) is 5.69 Å². The van der Waals surface area contributed by atoms with Crippen molar-refractivity contribution in [3.05, 3.63) is 22.4 Å². The van der Waals surface area contributed by atoms with Crippen LogP contribution < -0.4 is 11.1 Å². The molecule has 1 aliphatic carbocycles. The minimum Gasteiger partial charge on any atom is -0.379 e. The molecule has 2 rings (SSSR count). The molecule has 0 spiro atoms. The molecule has 1 aromatic heterocycles. The van der Waals surface area contributed by atoms with E-state index in [1.54, 1.807) is 6.07 Å². The Balaban J connectivity index is 2.13. The number of halogens is 3. The van der Waals surface area contributed by atoms with Gasteiger partial charge in [0.05, 0.1) is 22.4 Å². The summed E-state index contributed by atoms with van der Waals surface area (Å²) in [5, 5.41) is 11.7. The largest absolute Gasteiger partial charge is 0.379 e. The van der Waals surface area contributed by atoms with Crippen molar-refractivity contribution in [3.8, 4) is 6.07 Å². The molecule has 0 amide bonds. The van der Waals surface area contributed by atoms with E-state index in [1.807, 2.05) is 6.07 Å². The number of hydrogen-bond donors (Lipinski definition) is 2. The molecule has 1 aromatic rings. The zero-order valence-electron chi connectivity index (χ0n) is 10.0. The summed E-state index contributed by atoms with van der Waals surface area (Å²) in [6.45, 7) is 0. The maximum absolute atomic E-state index is 13.5. The van der Waals surface area contributed by atoms with Gasteiger partial charge in [-0.3, -0.25) is 0 Å². The molecule has 1 fully saturated rings. The van der Waals surface area contributed by atoms with Crippen LogP contribution in [0.3, 0.4) is 0 Å². The van der Waals surface area contributed by atoms with Gasteiger partial charge in [-0.15, -0.1) is 0 Å². The Bertz CT molecular complexity index is 515. The first-order valence-corrected chi connectivity index (χ1v) is 6.69. The number of nitrogens with zero attached hydrogens (tertiary/aromatic N) is 2. The summed E-state index contributed by atoms with van der Waals surface area (Å²) in [7, 11) is 0. The van der Waals surface area contributed by atoms with Crippen molar-refractivity contribution >= 4 is 21.6 Å². The molecule has 2 atom stereocenters. The Kier molecular flexibility index (Phi) is 4.02. The minimum absolute atomic E-state index is 0.165. The predicted molar refractivity (Wildman–Crippen MR) is 70.8 cm³/mol. The third-order valence-corrected chi connectivity index (χ3v) is 3.85. The number of hydrogen-bond acceptors (Lipinski definition) is 4. The Morgan fingerprint density at radius 2 is 2.32 bits per heavy atom. The normalized spacial score (nSPS) is 25.6. The van der Waals surface area contributed by atoms with Gasteiger partial charge in [0, 0.05) is 12.5 Å².